The third-order valence-corrected chi connectivity index (χ3v) is 5.77. The lowest BCUT2D eigenvalue weighted by Crippen LogP contribution is -2.50. The molecule has 40 heavy (non-hydrogen) atoms. The number of aryl methyl sites for hydroxylation is 1. The zero-order valence-electron chi connectivity index (χ0n) is 21.1. The van der Waals surface area contributed by atoms with Crippen molar-refractivity contribution in [2.24, 2.45) is 5.41 Å². The fourth-order valence-electron chi connectivity index (χ4n) is 4.11. The minimum absolute atomic E-state index is 0.0527. The van der Waals surface area contributed by atoms with Crippen LogP contribution < -0.4 is 4.90 Å². The number of carboxylic acids is 2. The van der Waals surface area contributed by atoms with Crippen molar-refractivity contribution in [1.29, 1.82) is 0 Å². The molecule has 1 unspecified atom stereocenters. The van der Waals surface area contributed by atoms with Gasteiger partial charge in [-0.2, -0.15) is 26.3 Å². The Bertz CT molecular complexity index is 1090. The van der Waals surface area contributed by atoms with Gasteiger partial charge in [-0.05, 0) is 37.1 Å². The maximum atomic E-state index is 13.1. The molecule has 10 nitrogen and oxygen atoms in total. The number of hydrogen-bond acceptors (Lipinski definition) is 8. The Morgan fingerprint density at radius 2 is 1.55 bits per heavy atom. The van der Waals surface area contributed by atoms with Crippen LogP contribution in [0.2, 0.25) is 0 Å². The Morgan fingerprint density at radius 1 is 0.975 bits per heavy atom. The van der Waals surface area contributed by atoms with Crippen molar-refractivity contribution >= 4 is 18.0 Å². The molecule has 1 atom stereocenters. The number of carboxylic acid groups (broad SMARTS) is 2. The number of anilines is 1. The first-order valence-corrected chi connectivity index (χ1v) is 11.7. The van der Waals surface area contributed by atoms with Crippen molar-refractivity contribution in [3.8, 4) is 0 Å². The molecule has 1 spiro atoms. The zero-order valence-corrected chi connectivity index (χ0v) is 21.1. The van der Waals surface area contributed by atoms with Crippen molar-refractivity contribution in [3.63, 3.8) is 0 Å². The van der Waals surface area contributed by atoms with Gasteiger partial charge in [-0.25, -0.2) is 14.0 Å². The number of alkyl halides is 6. The summed E-state index contributed by atoms with van der Waals surface area (Å²) >= 11 is 0. The highest BCUT2D eigenvalue weighted by Crippen LogP contribution is 2.35. The normalized spacial score (nSPS) is 20.1. The van der Waals surface area contributed by atoms with E-state index in [-0.39, 0.29) is 11.2 Å². The standard InChI is InChI=1S/C19H25FN4O2.2C2HF3O2/c1-15-21-22-18(26-15)24-9-10-25-14-19(13-24)7-2-8-23(12-19)11-16-3-5-17(20)6-4-16;2*3-2(4,5)1(6)7/h3-6H,2,7-14H2,1H3;2*(H,6,7). The zero-order chi connectivity index (χ0) is 30.1. The summed E-state index contributed by atoms with van der Waals surface area (Å²) in [6.07, 6.45) is -7.92. The molecule has 4 rings (SSSR count). The van der Waals surface area contributed by atoms with Gasteiger partial charge in [0.1, 0.15) is 5.82 Å². The van der Waals surface area contributed by atoms with Crippen molar-refractivity contribution in [3.05, 3.63) is 41.5 Å². The Balaban J connectivity index is 0.000000333. The highest BCUT2D eigenvalue weighted by Gasteiger charge is 2.40. The van der Waals surface area contributed by atoms with Crippen LogP contribution in [-0.2, 0) is 20.9 Å². The minimum Gasteiger partial charge on any atom is -0.475 e. The summed E-state index contributed by atoms with van der Waals surface area (Å²) in [4.78, 5) is 22.4. The number of piperidine rings is 1. The summed E-state index contributed by atoms with van der Waals surface area (Å²) in [7, 11) is 0. The third kappa shape index (κ3) is 10.6. The summed E-state index contributed by atoms with van der Waals surface area (Å²) < 4.78 is 88.2. The largest absolute Gasteiger partial charge is 0.490 e. The lowest BCUT2D eigenvalue weighted by atomic mass is 9.80. The number of nitrogens with zero attached hydrogens (tertiary/aromatic N) is 4. The Morgan fingerprint density at radius 3 is 2.05 bits per heavy atom. The molecule has 2 aliphatic heterocycles. The first-order valence-electron chi connectivity index (χ1n) is 11.7. The second kappa shape index (κ2) is 13.7. The van der Waals surface area contributed by atoms with E-state index < -0.39 is 24.3 Å². The van der Waals surface area contributed by atoms with Crippen LogP contribution >= 0.6 is 0 Å². The van der Waals surface area contributed by atoms with E-state index in [1.165, 1.54) is 12.1 Å². The second-order valence-electron chi connectivity index (χ2n) is 9.12. The molecular weight excluding hydrogens is 561 g/mol. The summed E-state index contributed by atoms with van der Waals surface area (Å²) in [5.74, 6) is -5.12. The van der Waals surface area contributed by atoms with Crippen molar-refractivity contribution in [2.75, 3.05) is 44.3 Å². The molecular formula is C23H27F7N4O6. The van der Waals surface area contributed by atoms with Crippen LogP contribution in [0, 0.1) is 18.2 Å². The van der Waals surface area contributed by atoms with Gasteiger partial charge in [-0.3, -0.25) is 4.90 Å². The number of carbonyl (C=O) groups is 2. The van der Waals surface area contributed by atoms with E-state index in [1.54, 1.807) is 0 Å². The summed E-state index contributed by atoms with van der Waals surface area (Å²) in [5, 5.41) is 22.4. The lowest BCUT2D eigenvalue weighted by molar-refractivity contribution is -0.193. The number of halogens is 7. The molecule has 0 aliphatic carbocycles. The van der Waals surface area contributed by atoms with E-state index in [9.17, 15) is 30.7 Å². The smallest absolute Gasteiger partial charge is 0.475 e. The van der Waals surface area contributed by atoms with Gasteiger partial charge in [0.15, 0.2) is 0 Å². The predicted molar refractivity (Wildman–Crippen MR) is 123 cm³/mol. The first kappa shape index (κ1) is 32.7. The van der Waals surface area contributed by atoms with E-state index in [4.69, 9.17) is 29.0 Å². The lowest BCUT2D eigenvalue weighted by Gasteiger charge is -2.43. The monoisotopic (exact) mass is 588 g/mol. The number of hydrogen-bond donors (Lipinski definition) is 2. The molecule has 1 aromatic heterocycles. The van der Waals surface area contributed by atoms with Gasteiger partial charge in [-0.15, -0.1) is 5.10 Å². The molecule has 1 aromatic carbocycles. The van der Waals surface area contributed by atoms with E-state index in [2.05, 4.69) is 20.0 Å². The SMILES string of the molecule is Cc1nnc(N2CCOCC3(CCCN(Cc4ccc(F)cc4)C3)C2)o1.O=C(O)C(F)(F)F.O=C(O)C(F)(F)F. The van der Waals surface area contributed by atoms with Crippen LogP contribution in [0.25, 0.3) is 0 Å². The molecule has 2 fully saturated rings. The number of aromatic nitrogens is 2. The summed E-state index contributed by atoms with van der Waals surface area (Å²) in [5.41, 5.74) is 1.19. The Hall–Kier alpha value is -3.47. The van der Waals surface area contributed by atoms with Gasteiger partial charge in [0, 0.05) is 38.5 Å². The molecule has 2 N–H and O–H groups in total. The van der Waals surface area contributed by atoms with Crippen LogP contribution in [0.1, 0.15) is 24.3 Å². The van der Waals surface area contributed by atoms with Crippen molar-refractivity contribution in [2.45, 2.75) is 38.7 Å². The molecule has 17 heteroatoms. The molecule has 3 heterocycles. The molecule has 0 saturated carbocycles. The average Bonchev–Trinajstić information content (AvgIpc) is 3.18. The molecule has 224 valence electrons. The van der Waals surface area contributed by atoms with E-state index in [0.29, 0.717) is 18.5 Å². The highest BCUT2D eigenvalue weighted by atomic mass is 19.4. The van der Waals surface area contributed by atoms with E-state index >= 15 is 0 Å². The fraction of sp³-hybridized carbons (Fsp3) is 0.565. The first-order chi connectivity index (χ1) is 18.5. The molecule has 2 aliphatic rings. The van der Waals surface area contributed by atoms with Crippen LogP contribution in [0.5, 0.6) is 0 Å². The highest BCUT2D eigenvalue weighted by molar-refractivity contribution is 5.73. The third-order valence-electron chi connectivity index (χ3n) is 5.77. The van der Waals surface area contributed by atoms with Gasteiger partial charge in [-0.1, -0.05) is 17.2 Å². The molecule has 0 amide bonds. The van der Waals surface area contributed by atoms with Gasteiger partial charge < -0.3 is 24.3 Å². The molecule has 0 radical (unpaired) electrons. The quantitative estimate of drug-likeness (QED) is 0.510. The molecule has 2 saturated heterocycles. The number of aliphatic carboxylic acids is 2. The fourth-order valence-corrected chi connectivity index (χ4v) is 4.11. The van der Waals surface area contributed by atoms with Gasteiger partial charge in [0.05, 0.1) is 13.2 Å². The number of rotatable bonds is 3. The van der Waals surface area contributed by atoms with Gasteiger partial charge in [0.25, 0.3) is 0 Å². The van der Waals surface area contributed by atoms with Crippen LogP contribution in [0.4, 0.5) is 36.7 Å². The molecule has 0 bridgehead atoms. The van der Waals surface area contributed by atoms with Crippen LogP contribution in [0.3, 0.4) is 0 Å². The van der Waals surface area contributed by atoms with Crippen molar-refractivity contribution in [1.82, 2.24) is 15.1 Å². The van der Waals surface area contributed by atoms with E-state index in [1.807, 2.05) is 19.1 Å². The summed E-state index contributed by atoms with van der Waals surface area (Å²) in [6.45, 7) is 7.69. The van der Waals surface area contributed by atoms with Crippen LogP contribution in [-0.4, -0.2) is 89.0 Å². The van der Waals surface area contributed by atoms with E-state index in [0.717, 1.165) is 57.7 Å². The van der Waals surface area contributed by atoms with Gasteiger partial charge >= 0.3 is 30.3 Å². The maximum Gasteiger partial charge on any atom is 0.490 e. The second-order valence-corrected chi connectivity index (χ2v) is 9.12. The number of benzene rings is 1. The minimum atomic E-state index is -5.08. The predicted octanol–water partition coefficient (Wildman–Crippen LogP) is 3.90. The number of ether oxygens (including phenoxy) is 1. The Kier molecular flexibility index (Phi) is 11.2. The average molecular weight is 588 g/mol. The maximum absolute atomic E-state index is 13.1. The van der Waals surface area contributed by atoms with Crippen LogP contribution in [0.15, 0.2) is 28.7 Å². The number of likely N-dealkylation sites (tertiary alicyclic amines) is 1. The topological polar surface area (TPSA) is 129 Å². The molecule has 2 aromatic rings. The van der Waals surface area contributed by atoms with Crippen molar-refractivity contribution < 1.29 is 59.7 Å². The Labute approximate surface area is 223 Å². The van der Waals surface area contributed by atoms with Gasteiger partial charge in [0.2, 0.25) is 5.89 Å². The summed E-state index contributed by atoms with van der Waals surface area (Å²) in [6, 6.07) is 7.39.